The maximum atomic E-state index is 6.11. The third-order valence-corrected chi connectivity index (χ3v) is 3.47. The summed E-state index contributed by atoms with van der Waals surface area (Å²) in [6.07, 6.45) is 0.890. The maximum absolute atomic E-state index is 6.11. The van der Waals surface area contributed by atoms with Crippen molar-refractivity contribution in [3.8, 4) is 22.8 Å². The first kappa shape index (κ1) is 14.1. The van der Waals surface area contributed by atoms with Gasteiger partial charge in [-0.05, 0) is 18.2 Å². The lowest BCUT2D eigenvalue weighted by atomic mass is 10.1. The van der Waals surface area contributed by atoms with Crippen molar-refractivity contribution < 1.29 is 9.47 Å². The zero-order valence-electron chi connectivity index (χ0n) is 12.1. The second-order valence-corrected chi connectivity index (χ2v) is 5.69. The zero-order chi connectivity index (χ0) is 14.8. The van der Waals surface area contributed by atoms with Crippen LogP contribution in [0, 0.1) is 0 Å². The van der Waals surface area contributed by atoms with Crippen LogP contribution in [0.2, 0.25) is 5.15 Å². The Balaban J connectivity index is 2.02. The third kappa shape index (κ3) is 3.10. The van der Waals surface area contributed by atoms with Crippen LogP contribution in [0.25, 0.3) is 11.3 Å². The van der Waals surface area contributed by atoms with Crippen molar-refractivity contribution >= 4 is 11.6 Å². The molecule has 0 saturated carbocycles. The monoisotopic (exact) mass is 304 g/mol. The summed E-state index contributed by atoms with van der Waals surface area (Å²) in [5, 5.41) is 0.454. The highest BCUT2D eigenvalue weighted by molar-refractivity contribution is 6.29. The van der Waals surface area contributed by atoms with Crippen molar-refractivity contribution in [1.82, 2.24) is 9.97 Å². The lowest BCUT2D eigenvalue weighted by molar-refractivity contribution is 0.297. The first-order valence-corrected chi connectivity index (χ1v) is 7.46. The molecule has 4 nitrogen and oxygen atoms in total. The molecule has 5 heteroatoms. The highest BCUT2D eigenvalue weighted by Gasteiger charge is 2.14. The van der Waals surface area contributed by atoms with Gasteiger partial charge in [-0.3, -0.25) is 0 Å². The van der Waals surface area contributed by atoms with Crippen molar-refractivity contribution in [3.05, 3.63) is 35.2 Å². The largest absolute Gasteiger partial charge is 0.490 e. The molecule has 0 saturated heterocycles. The van der Waals surface area contributed by atoms with Gasteiger partial charge in [-0.15, -0.1) is 0 Å². The van der Waals surface area contributed by atoms with Crippen LogP contribution in [0.4, 0.5) is 0 Å². The molecule has 110 valence electrons. The molecule has 1 aromatic heterocycles. The molecule has 1 aliphatic rings. The molecule has 0 N–H and O–H groups in total. The number of nitrogens with zero attached hydrogens (tertiary/aromatic N) is 2. The molecule has 1 aliphatic heterocycles. The minimum atomic E-state index is 0.225. The van der Waals surface area contributed by atoms with Gasteiger partial charge in [0, 0.05) is 24.0 Å². The minimum absolute atomic E-state index is 0.225. The standard InChI is InChI=1S/C16H17ClN2O2/c1-10(2)16-18-12(9-15(17)19-16)11-4-5-13-14(8-11)21-7-3-6-20-13/h4-5,8-10H,3,6-7H2,1-2H3. The number of fused-ring (bicyclic) bond motifs is 1. The smallest absolute Gasteiger partial charge is 0.161 e. The summed E-state index contributed by atoms with van der Waals surface area (Å²) >= 11 is 6.11. The Bertz CT molecular complexity index is 659. The molecule has 1 aromatic carbocycles. The SMILES string of the molecule is CC(C)c1nc(Cl)cc(-c2ccc3c(c2)OCCCO3)n1. The van der Waals surface area contributed by atoms with Crippen LogP contribution >= 0.6 is 11.6 Å². The molecule has 21 heavy (non-hydrogen) atoms. The highest BCUT2D eigenvalue weighted by atomic mass is 35.5. The number of rotatable bonds is 2. The number of ether oxygens (including phenoxy) is 2. The number of aromatic nitrogens is 2. The van der Waals surface area contributed by atoms with Gasteiger partial charge in [0.1, 0.15) is 11.0 Å². The minimum Gasteiger partial charge on any atom is -0.490 e. The lowest BCUT2D eigenvalue weighted by Crippen LogP contribution is -1.99. The summed E-state index contributed by atoms with van der Waals surface area (Å²) in [5.41, 5.74) is 1.75. The molecular weight excluding hydrogens is 288 g/mol. The van der Waals surface area contributed by atoms with Crippen molar-refractivity contribution in [1.29, 1.82) is 0 Å². The van der Waals surface area contributed by atoms with Gasteiger partial charge in [0.25, 0.3) is 0 Å². The Morgan fingerprint density at radius 3 is 2.57 bits per heavy atom. The number of hydrogen-bond acceptors (Lipinski definition) is 4. The molecule has 3 rings (SSSR count). The third-order valence-electron chi connectivity index (χ3n) is 3.27. The highest BCUT2D eigenvalue weighted by Crippen LogP contribution is 2.34. The van der Waals surface area contributed by atoms with Gasteiger partial charge >= 0.3 is 0 Å². The fraction of sp³-hybridized carbons (Fsp3) is 0.375. The first-order valence-electron chi connectivity index (χ1n) is 7.08. The van der Waals surface area contributed by atoms with Crippen molar-refractivity contribution in [2.45, 2.75) is 26.2 Å². The van der Waals surface area contributed by atoms with Crippen molar-refractivity contribution in [3.63, 3.8) is 0 Å². The van der Waals surface area contributed by atoms with E-state index in [-0.39, 0.29) is 5.92 Å². The van der Waals surface area contributed by atoms with Crippen LogP contribution < -0.4 is 9.47 Å². The predicted molar refractivity (Wildman–Crippen MR) is 82.2 cm³/mol. The summed E-state index contributed by atoms with van der Waals surface area (Å²) < 4.78 is 11.4. The quantitative estimate of drug-likeness (QED) is 0.784. The van der Waals surface area contributed by atoms with Gasteiger partial charge in [0.15, 0.2) is 11.5 Å². The summed E-state index contributed by atoms with van der Waals surface area (Å²) in [5.74, 6) is 2.50. The van der Waals surface area contributed by atoms with Crippen molar-refractivity contribution in [2.75, 3.05) is 13.2 Å². The number of benzene rings is 1. The Kier molecular flexibility index (Phi) is 3.97. The molecule has 0 aliphatic carbocycles. The zero-order valence-corrected chi connectivity index (χ0v) is 12.9. The molecule has 0 spiro atoms. The van der Waals surface area contributed by atoms with E-state index in [1.807, 2.05) is 32.0 Å². The molecule has 0 fully saturated rings. The van der Waals surface area contributed by atoms with E-state index in [2.05, 4.69) is 9.97 Å². The van der Waals surface area contributed by atoms with Gasteiger partial charge in [0.2, 0.25) is 0 Å². The second-order valence-electron chi connectivity index (χ2n) is 5.30. The van der Waals surface area contributed by atoms with Crippen LogP contribution in [-0.2, 0) is 0 Å². The average molecular weight is 305 g/mol. The lowest BCUT2D eigenvalue weighted by Gasteiger charge is -2.11. The molecule has 0 radical (unpaired) electrons. The van der Waals surface area contributed by atoms with E-state index in [4.69, 9.17) is 21.1 Å². The Hall–Kier alpha value is -1.81. The van der Waals surface area contributed by atoms with Gasteiger partial charge in [-0.1, -0.05) is 25.4 Å². The molecule has 0 bridgehead atoms. The Morgan fingerprint density at radius 1 is 1.05 bits per heavy atom. The second kappa shape index (κ2) is 5.90. The fourth-order valence-corrected chi connectivity index (χ4v) is 2.35. The van der Waals surface area contributed by atoms with Gasteiger partial charge < -0.3 is 9.47 Å². The topological polar surface area (TPSA) is 44.2 Å². The average Bonchev–Trinajstić information content (AvgIpc) is 2.70. The first-order chi connectivity index (χ1) is 10.1. The summed E-state index contributed by atoms with van der Waals surface area (Å²) in [4.78, 5) is 8.84. The van der Waals surface area contributed by atoms with E-state index in [0.29, 0.717) is 18.4 Å². The molecule has 0 amide bonds. The molecule has 2 aromatic rings. The predicted octanol–water partition coefficient (Wildman–Crippen LogP) is 4.08. The van der Waals surface area contributed by atoms with Crippen LogP contribution in [0.15, 0.2) is 24.3 Å². The number of halogens is 1. The van der Waals surface area contributed by atoms with E-state index in [1.165, 1.54) is 0 Å². The number of hydrogen-bond donors (Lipinski definition) is 0. The molecular formula is C16H17ClN2O2. The normalized spacial score (nSPS) is 14.1. The van der Waals surface area contributed by atoms with E-state index >= 15 is 0 Å². The molecule has 0 atom stereocenters. The molecule has 0 unspecified atom stereocenters. The van der Waals surface area contributed by atoms with E-state index in [0.717, 1.165) is 35.0 Å². The van der Waals surface area contributed by atoms with Gasteiger partial charge in [-0.2, -0.15) is 0 Å². The van der Waals surface area contributed by atoms with Crippen molar-refractivity contribution in [2.24, 2.45) is 0 Å². The fourth-order valence-electron chi connectivity index (χ4n) is 2.16. The van der Waals surface area contributed by atoms with E-state index in [1.54, 1.807) is 6.07 Å². The summed E-state index contributed by atoms with van der Waals surface area (Å²) in [6.45, 7) is 5.44. The summed E-state index contributed by atoms with van der Waals surface area (Å²) in [6, 6.07) is 7.60. The maximum Gasteiger partial charge on any atom is 0.161 e. The van der Waals surface area contributed by atoms with Crippen LogP contribution in [0.5, 0.6) is 11.5 Å². The van der Waals surface area contributed by atoms with Crippen LogP contribution in [0.1, 0.15) is 32.0 Å². The van der Waals surface area contributed by atoms with Gasteiger partial charge in [-0.25, -0.2) is 9.97 Å². The van der Waals surface area contributed by atoms with E-state index in [9.17, 15) is 0 Å². The van der Waals surface area contributed by atoms with Crippen LogP contribution in [0.3, 0.4) is 0 Å². The Labute approximate surface area is 129 Å². The van der Waals surface area contributed by atoms with E-state index < -0.39 is 0 Å². The van der Waals surface area contributed by atoms with Crippen LogP contribution in [-0.4, -0.2) is 23.2 Å². The molecule has 2 heterocycles. The van der Waals surface area contributed by atoms with Gasteiger partial charge in [0.05, 0.1) is 18.9 Å². The summed E-state index contributed by atoms with van der Waals surface area (Å²) in [7, 11) is 0. The Morgan fingerprint density at radius 2 is 1.81 bits per heavy atom.